The van der Waals surface area contributed by atoms with Gasteiger partial charge in [-0.1, -0.05) is 11.3 Å². The van der Waals surface area contributed by atoms with Crippen molar-refractivity contribution in [3.05, 3.63) is 17.8 Å². The molecule has 0 spiro atoms. The molecule has 0 amide bonds. The standard InChI is InChI=1S/C7H6ClN3S/c8-3-4-1-2-5-6(10-4)12-7(9)11-5/h1-2H,3H2,(H2,9,11). The van der Waals surface area contributed by atoms with Gasteiger partial charge in [-0.15, -0.1) is 11.6 Å². The highest BCUT2D eigenvalue weighted by Crippen LogP contribution is 2.21. The maximum Gasteiger partial charge on any atom is 0.182 e. The molecule has 2 N–H and O–H groups in total. The molecule has 2 aromatic rings. The van der Waals surface area contributed by atoms with Crippen molar-refractivity contribution >= 4 is 38.4 Å². The van der Waals surface area contributed by atoms with Gasteiger partial charge in [-0.05, 0) is 12.1 Å². The average Bonchev–Trinajstić information content (AvgIpc) is 2.43. The Balaban J connectivity index is 2.66. The smallest absolute Gasteiger partial charge is 0.182 e. The van der Waals surface area contributed by atoms with Crippen molar-refractivity contribution in [2.75, 3.05) is 5.73 Å². The number of rotatable bonds is 1. The molecule has 2 heterocycles. The molecule has 2 rings (SSSR count). The van der Waals surface area contributed by atoms with E-state index in [1.54, 1.807) is 0 Å². The quantitative estimate of drug-likeness (QED) is 0.715. The summed E-state index contributed by atoms with van der Waals surface area (Å²) in [6.45, 7) is 0. The van der Waals surface area contributed by atoms with Gasteiger partial charge in [0, 0.05) is 0 Å². The van der Waals surface area contributed by atoms with E-state index in [1.165, 1.54) is 11.3 Å². The lowest BCUT2D eigenvalue weighted by Gasteiger charge is -1.91. The lowest BCUT2D eigenvalue weighted by molar-refractivity contribution is 1.22. The molecule has 0 aliphatic carbocycles. The first kappa shape index (κ1) is 7.76. The number of nitrogens with zero attached hydrogens (tertiary/aromatic N) is 2. The molecule has 12 heavy (non-hydrogen) atoms. The van der Waals surface area contributed by atoms with Crippen molar-refractivity contribution in [1.82, 2.24) is 9.97 Å². The van der Waals surface area contributed by atoms with Crippen molar-refractivity contribution in [1.29, 1.82) is 0 Å². The number of fused-ring (bicyclic) bond motifs is 1. The van der Waals surface area contributed by atoms with Crippen LogP contribution in [0.2, 0.25) is 0 Å². The highest BCUT2D eigenvalue weighted by Gasteiger charge is 2.02. The van der Waals surface area contributed by atoms with Crippen molar-refractivity contribution in [2.24, 2.45) is 0 Å². The minimum atomic E-state index is 0.424. The Morgan fingerprint density at radius 1 is 1.42 bits per heavy atom. The number of nitrogens with two attached hydrogens (primary N) is 1. The Hall–Kier alpha value is -0.870. The summed E-state index contributed by atoms with van der Waals surface area (Å²) < 4.78 is 0. The summed E-state index contributed by atoms with van der Waals surface area (Å²) in [4.78, 5) is 9.19. The molecule has 62 valence electrons. The van der Waals surface area contributed by atoms with Crippen LogP contribution in [0.4, 0.5) is 5.13 Å². The van der Waals surface area contributed by atoms with Gasteiger partial charge in [-0.25, -0.2) is 9.97 Å². The second-order valence-electron chi connectivity index (χ2n) is 2.31. The Morgan fingerprint density at radius 2 is 2.25 bits per heavy atom. The lowest BCUT2D eigenvalue weighted by atomic mass is 10.4. The fourth-order valence-corrected chi connectivity index (χ4v) is 1.82. The Morgan fingerprint density at radius 3 is 3.00 bits per heavy atom. The zero-order valence-electron chi connectivity index (χ0n) is 6.12. The Bertz CT molecular complexity index is 412. The maximum absolute atomic E-state index is 5.62. The van der Waals surface area contributed by atoms with Crippen LogP contribution in [0.25, 0.3) is 10.3 Å². The van der Waals surface area contributed by atoms with E-state index in [-0.39, 0.29) is 0 Å². The van der Waals surface area contributed by atoms with Gasteiger partial charge in [0.25, 0.3) is 0 Å². The number of hydrogen-bond donors (Lipinski definition) is 1. The summed E-state index contributed by atoms with van der Waals surface area (Å²) in [6, 6.07) is 3.74. The van der Waals surface area contributed by atoms with Crippen LogP contribution in [0.15, 0.2) is 12.1 Å². The summed E-state index contributed by atoms with van der Waals surface area (Å²) in [5, 5.41) is 0.546. The fourth-order valence-electron chi connectivity index (χ4n) is 0.947. The van der Waals surface area contributed by atoms with Gasteiger partial charge in [0.05, 0.1) is 11.6 Å². The van der Waals surface area contributed by atoms with Crippen molar-refractivity contribution in [3.8, 4) is 0 Å². The third-order valence-electron chi connectivity index (χ3n) is 1.47. The Labute approximate surface area is 78.2 Å². The molecule has 5 heteroatoms. The van der Waals surface area contributed by atoms with Crippen molar-refractivity contribution in [3.63, 3.8) is 0 Å². The largest absolute Gasteiger partial charge is 0.375 e. The number of nitrogen functional groups attached to an aromatic ring is 1. The lowest BCUT2D eigenvalue weighted by Crippen LogP contribution is -1.83. The SMILES string of the molecule is Nc1nc2ccc(CCl)nc2s1. The summed E-state index contributed by atoms with van der Waals surface area (Å²) >= 11 is 7.00. The molecule has 0 bridgehead atoms. The monoisotopic (exact) mass is 199 g/mol. The third kappa shape index (κ3) is 1.23. The summed E-state index contributed by atoms with van der Waals surface area (Å²) in [6.07, 6.45) is 0. The normalized spacial score (nSPS) is 10.8. The van der Waals surface area contributed by atoms with E-state index >= 15 is 0 Å². The number of hydrogen-bond acceptors (Lipinski definition) is 4. The first-order chi connectivity index (χ1) is 5.79. The topological polar surface area (TPSA) is 51.8 Å². The minimum absolute atomic E-state index is 0.424. The second-order valence-corrected chi connectivity index (χ2v) is 3.59. The molecule has 0 saturated carbocycles. The van der Waals surface area contributed by atoms with E-state index in [9.17, 15) is 0 Å². The summed E-state index contributed by atoms with van der Waals surface area (Å²) in [7, 11) is 0. The van der Waals surface area contributed by atoms with Crippen LogP contribution >= 0.6 is 22.9 Å². The van der Waals surface area contributed by atoms with Crippen LogP contribution in [-0.2, 0) is 5.88 Å². The summed E-state index contributed by atoms with van der Waals surface area (Å²) in [5.74, 6) is 0.424. The van der Waals surface area contributed by atoms with E-state index in [1.807, 2.05) is 12.1 Å². The van der Waals surface area contributed by atoms with E-state index in [0.717, 1.165) is 16.0 Å². The molecule has 0 fully saturated rings. The summed E-state index contributed by atoms with van der Waals surface area (Å²) in [5.41, 5.74) is 7.21. The predicted molar refractivity (Wildman–Crippen MR) is 51.4 cm³/mol. The van der Waals surface area contributed by atoms with Crippen molar-refractivity contribution in [2.45, 2.75) is 5.88 Å². The zero-order valence-corrected chi connectivity index (χ0v) is 7.69. The molecule has 0 aliphatic rings. The molecule has 0 aliphatic heterocycles. The molecule has 2 aromatic heterocycles. The molecular formula is C7H6ClN3S. The molecular weight excluding hydrogens is 194 g/mol. The van der Waals surface area contributed by atoms with Gasteiger partial charge in [0.15, 0.2) is 5.13 Å². The minimum Gasteiger partial charge on any atom is -0.375 e. The van der Waals surface area contributed by atoms with Crippen LogP contribution in [0.1, 0.15) is 5.69 Å². The first-order valence-corrected chi connectivity index (χ1v) is 4.72. The number of thiazole rings is 1. The van der Waals surface area contributed by atoms with Crippen LogP contribution in [0, 0.1) is 0 Å². The van der Waals surface area contributed by atoms with Crippen LogP contribution < -0.4 is 5.73 Å². The number of pyridine rings is 1. The van der Waals surface area contributed by atoms with Crippen LogP contribution in [0.3, 0.4) is 0 Å². The molecule has 0 unspecified atom stereocenters. The second kappa shape index (κ2) is 2.88. The molecule has 0 radical (unpaired) electrons. The Kier molecular flexibility index (Phi) is 1.86. The van der Waals surface area contributed by atoms with E-state index in [2.05, 4.69) is 9.97 Å². The molecule has 0 aromatic carbocycles. The molecule has 0 saturated heterocycles. The maximum atomic E-state index is 5.62. The zero-order chi connectivity index (χ0) is 8.55. The van der Waals surface area contributed by atoms with Crippen LogP contribution in [-0.4, -0.2) is 9.97 Å². The number of halogens is 1. The van der Waals surface area contributed by atoms with E-state index < -0.39 is 0 Å². The third-order valence-corrected chi connectivity index (χ3v) is 2.53. The average molecular weight is 200 g/mol. The molecule has 0 atom stereocenters. The van der Waals surface area contributed by atoms with E-state index in [4.69, 9.17) is 17.3 Å². The molecule has 3 nitrogen and oxygen atoms in total. The van der Waals surface area contributed by atoms with Crippen molar-refractivity contribution < 1.29 is 0 Å². The predicted octanol–water partition coefficient (Wildman–Crippen LogP) is 2.01. The van der Waals surface area contributed by atoms with Gasteiger partial charge >= 0.3 is 0 Å². The van der Waals surface area contributed by atoms with E-state index in [0.29, 0.717) is 11.0 Å². The van der Waals surface area contributed by atoms with Gasteiger partial charge in [-0.2, -0.15) is 0 Å². The highest BCUT2D eigenvalue weighted by molar-refractivity contribution is 7.21. The highest BCUT2D eigenvalue weighted by atomic mass is 35.5. The first-order valence-electron chi connectivity index (χ1n) is 3.37. The van der Waals surface area contributed by atoms with Gasteiger partial charge < -0.3 is 5.73 Å². The van der Waals surface area contributed by atoms with Gasteiger partial charge in [0.2, 0.25) is 0 Å². The van der Waals surface area contributed by atoms with Gasteiger partial charge in [-0.3, -0.25) is 0 Å². The number of aromatic nitrogens is 2. The number of alkyl halides is 1. The fraction of sp³-hybridized carbons (Fsp3) is 0.143. The van der Waals surface area contributed by atoms with Crippen LogP contribution in [0.5, 0.6) is 0 Å². The van der Waals surface area contributed by atoms with Gasteiger partial charge in [0.1, 0.15) is 10.3 Å². The number of anilines is 1.